The van der Waals surface area contributed by atoms with Crippen LogP contribution in [-0.4, -0.2) is 33.7 Å². The number of rotatable bonds is 2. The molecule has 1 amide bonds. The Morgan fingerprint density at radius 1 is 1.22 bits per heavy atom. The van der Waals surface area contributed by atoms with Crippen molar-refractivity contribution in [2.24, 2.45) is 29.1 Å². The largest absolute Gasteiger partial charge is 0.390 e. The number of hydrogen-bond acceptors (Lipinski definition) is 2. The van der Waals surface area contributed by atoms with E-state index in [9.17, 15) is 9.90 Å². The molecule has 4 bridgehead atoms. The first kappa shape index (κ1) is 14.3. The highest BCUT2D eigenvalue weighted by Gasteiger charge is 2.63. The number of piperidine rings is 1. The molecule has 23 heavy (non-hydrogen) atoms. The highest BCUT2D eigenvalue weighted by Crippen LogP contribution is 2.64. The number of hydrogen-bond donors (Lipinski definition) is 1. The first-order valence-corrected chi connectivity index (χ1v) is 9.34. The van der Waals surface area contributed by atoms with Gasteiger partial charge in [0.2, 0.25) is 5.91 Å². The SMILES string of the molecule is [C-]#[N+][C@@H]1C[C@@H]2C[C@@H]2N1C(=O)[C@@H](C)C12CC3CC(CC(O)(C3)C1)C2. The van der Waals surface area contributed by atoms with Gasteiger partial charge in [0, 0.05) is 18.4 Å². The number of fused-ring (bicyclic) bond motifs is 1. The molecule has 6 atom stereocenters. The predicted octanol–water partition coefficient (Wildman–Crippen LogP) is 2.82. The van der Waals surface area contributed by atoms with E-state index >= 15 is 0 Å². The molecule has 5 saturated carbocycles. The molecule has 4 heteroatoms. The quantitative estimate of drug-likeness (QED) is 0.797. The van der Waals surface area contributed by atoms with E-state index in [1.165, 1.54) is 6.42 Å². The van der Waals surface area contributed by atoms with Gasteiger partial charge < -0.3 is 5.11 Å². The van der Waals surface area contributed by atoms with Gasteiger partial charge in [-0.25, -0.2) is 6.57 Å². The molecule has 2 unspecified atom stereocenters. The van der Waals surface area contributed by atoms with Gasteiger partial charge in [-0.2, -0.15) is 0 Å². The van der Waals surface area contributed by atoms with Crippen molar-refractivity contribution >= 4 is 5.91 Å². The Hall–Kier alpha value is -1.08. The van der Waals surface area contributed by atoms with E-state index < -0.39 is 5.60 Å². The molecule has 0 aromatic heterocycles. The van der Waals surface area contributed by atoms with Crippen molar-refractivity contribution in [3.63, 3.8) is 0 Å². The normalized spacial score (nSPS) is 53.8. The van der Waals surface area contributed by atoms with Crippen LogP contribution in [0.2, 0.25) is 0 Å². The van der Waals surface area contributed by atoms with Crippen LogP contribution in [-0.2, 0) is 4.79 Å². The van der Waals surface area contributed by atoms with Gasteiger partial charge >= 0.3 is 6.17 Å². The molecule has 5 aliphatic carbocycles. The topological polar surface area (TPSA) is 44.9 Å². The molecule has 1 saturated heterocycles. The van der Waals surface area contributed by atoms with Crippen LogP contribution in [0, 0.1) is 35.7 Å². The standard InChI is InChI=1S/C19H26N2O2/c1-11(17(22)21-15-4-14(15)5-16(21)20-2)18-6-12-3-13(7-18)9-19(23,8-12)10-18/h11-16,23H,3-10H2,1H3/t11-,12?,13?,14+,15+,16+,18?,19?/m1/s1. The fourth-order valence-electron chi connectivity index (χ4n) is 7.13. The lowest BCUT2D eigenvalue weighted by molar-refractivity contribution is -0.186. The van der Waals surface area contributed by atoms with Gasteiger partial charge in [0.05, 0.1) is 5.60 Å². The second-order valence-electron chi connectivity index (χ2n) is 9.42. The number of amides is 1. The van der Waals surface area contributed by atoms with E-state index in [-0.39, 0.29) is 23.4 Å². The number of carbonyl (C=O) groups is 1. The molecule has 0 spiro atoms. The zero-order chi connectivity index (χ0) is 16.0. The van der Waals surface area contributed by atoms with Crippen molar-refractivity contribution in [1.29, 1.82) is 0 Å². The molecule has 1 aliphatic heterocycles. The Morgan fingerprint density at radius 3 is 2.52 bits per heavy atom. The zero-order valence-electron chi connectivity index (χ0n) is 13.9. The van der Waals surface area contributed by atoms with Crippen molar-refractivity contribution in [1.82, 2.24) is 4.90 Å². The van der Waals surface area contributed by atoms with Crippen molar-refractivity contribution < 1.29 is 9.90 Å². The summed E-state index contributed by atoms with van der Waals surface area (Å²) in [7, 11) is 0. The van der Waals surface area contributed by atoms with Crippen molar-refractivity contribution in [3.8, 4) is 0 Å². The summed E-state index contributed by atoms with van der Waals surface area (Å²) >= 11 is 0. The number of likely N-dealkylation sites (tertiary alicyclic amines) is 1. The van der Waals surface area contributed by atoms with E-state index in [1.807, 2.05) is 4.90 Å². The fourth-order valence-corrected chi connectivity index (χ4v) is 7.13. The van der Waals surface area contributed by atoms with Crippen LogP contribution >= 0.6 is 0 Å². The Kier molecular flexibility index (Phi) is 2.67. The Labute approximate surface area is 138 Å². The first-order valence-electron chi connectivity index (χ1n) is 9.34. The van der Waals surface area contributed by atoms with Crippen LogP contribution in [0.15, 0.2) is 0 Å². The summed E-state index contributed by atoms with van der Waals surface area (Å²) in [6, 6.07) is 0.348. The Bertz CT molecular complexity index is 595. The summed E-state index contributed by atoms with van der Waals surface area (Å²) in [5.74, 6) is 1.98. The average molecular weight is 314 g/mol. The maximum absolute atomic E-state index is 13.3. The van der Waals surface area contributed by atoms with Crippen LogP contribution in [0.4, 0.5) is 0 Å². The third-order valence-corrected chi connectivity index (χ3v) is 7.85. The monoisotopic (exact) mass is 314 g/mol. The summed E-state index contributed by atoms with van der Waals surface area (Å²) in [6.07, 6.45) is 7.96. The molecule has 4 nitrogen and oxygen atoms in total. The Morgan fingerprint density at radius 2 is 1.91 bits per heavy atom. The minimum atomic E-state index is -0.509. The number of aliphatic hydroxyl groups is 1. The van der Waals surface area contributed by atoms with E-state index in [4.69, 9.17) is 6.57 Å². The van der Waals surface area contributed by atoms with Gasteiger partial charge in [0.1, 0.15) is 0 Å². The van der Waals surface area contributed by atoms with Crippen LogP contribution in [0.3, 0.4) is 0 Å². The van der Waals surface area contributed by atoms with Crippen LogP contribution < -0.4 is 0 Å². The van der Waals surface area contributed by atoms with E-state index in [0.29, 0.717) is 23.8 Å². The summed E-state index contributed by atoms with van der Waals surface area (Å²) in [6.45, 7) is 9.51. The lowest BCUT2D eigenvalue weighted by Crippen LogP contribution is -2.59. The second kappa shape index (κ2) is 4.30. The first-order chi connectivity index (χ1) is 10.9. The zero-order valence-corrected chi connectivity index (χ0v) is 13.9. The van der Waals surface area contributed by atoms with Gasteiger partial charge in [0.15, 0.2) is 0 Å². The molecule has 6 fully saturated rings. The van der Waals surface area contributed by atoms with Gasteiger partial charge in [-0.15, -0.1) is 0 Å². The molecular weight excluding hydrogens is 288 g/mol. The van der Waals surface area contributed by atoms with E-state index in [1.54, 1.807) is 0 Å². The summed E-state index contributed by atoms with van der Waals surface area (Å²) in [5, 5.41) is 10.9. The van der Waals surface area contributed by atoms with Gasteiger partial charge in [-0.3, -0.25) is 14.5 Å². The molecule has 1 heterocycles. The average Bonchev–Trinajstić information content (AvgIpc) is 3.14. The maximum Gasteiger partial charge on any atom is 0.301 e. The van der Waals surface area contributed by atoms with Crippen molar-refractivity contribution in [2.45, 2.75) is 76.1 Å². The molecule has 0 radical (unpaired) electrons. The van der Waals surface area contributed by atoms with Crippen LogP contribution in [0.5, 0.6) is 0 Å². The second-order valence-corrected chi connectivity index (χ2v) is 9.42. The van der Waals surface area contributed by atoms with Gasteiger partial charge in [-0.05, 0) is 68.1 Å². The molecule has 0 aromatic rings. The van der Waals surface area contributed by atoms with Crippen LogP contribution in [0.25, 0.3) is 4.85 Å². The summed E-state index contributed by atoms with van der Waals surface area (Å²) in [5.41, 5.74) is -0.513. The minimum Gasteiger partial charge on any atom is -0.390 e. The van der Waals surface area contributed by atoms with E-state index in [2.05, 4.69) is 11.8 Å². The van der Waals surface area contributed by atoms with Crippen molar-refractivity contribution in [3.05, 3.63) is 11.4 Å². The molecule has 6 aliphatic rings. The smallest absolute Gasteiger partial charge is 0.301 e. The van der Waals surface area contributed by atoms with Crippen molar-refractivity contribution in [2.75, 3.05) is 0 Å². The number of nitrogens with zero attached hydrogens (tertiary/aromatic N) is 2. The maximum atomic E-state index is 13.3. The molecule has 1 N–H and O–H groups in total. The summed E-state index contributed by atoms with van der Waals surface area (Å²) in [4.78, 5) is 18.9. The molecule has 6 rings (SSSR count). The minimum absolute atomic E-state index is 0.00449. The predicted molar refractivity (Wildman–Crippen MR) is 85.0 cm³/mol. The molecular formula is C19H26N2O2. The molecule has 0 aromatic carbocycles. The van der Waals surface area contributed by atoms with Crippen LogP contribution in [0.1, 0.15) is 58.3 Å². The van der Waals surface area contributed by atoms with E-state index in [0.717, 1.165) is 44.9 Å². The molecule has 124 valence electrons. The third-order valence-electron chi connectivity index (χ3n) is 7.85. The fraction of sp³-hybridized carbons (Fsp3) is 0.895. The third kappa shape index (κ3) is 1.89. The summed E-state index contributed by atoms with van der Waals surface area (Å²) < 4.78 is 0. The highest BCUT2D eigenvalue weighted by atomic mass is 16.3. The van der Waals surface area contributed by atoms with Gasteiger partial charge in [0.25, 0.3) is 0 Å². The lowest BCUT2D eigenvalue weighted by Gasteiger charge is -2.62. The van der Waals surface area contributed by atoms with Gasteiger partial charge in [-0.1, -0.05) is 6.92 Å². The lowest BCUT2D eigenvalue weighted by atomic mass is 9.45. The Balaban J connectivity index is 1.43. The highest BCUT2D eigenvalue weighted by molar-refractivity contribution is 5.81. The number of carbonyl (C=O) groups excluding carboxylic acids is 1.